The van der Waals surface area contributed by atoms with Crippen LogP contribution >= 0.6 is 12.2 Å². The van der Waals surface area contributed by atoms with Crippen molar-refractivity contribution in [2.45, 2.75) is 51.5 Å². The van der Waals surface area contributed by atoms with Crippen molar-refractivity contribution in [1.29, 1.82) is 0 Å². The van der Waals surface area contributed by atoms with Gasteiger partial charge in [0, 0.05) is 13.1 Å². The monoisotopic (exact) mass is 525 g/mol. The van der Waals surface area contributed by atoms with Gasteiger partial charge in [-0.1, -0.05) is 62.2 Å². The Kier molecular flexibility index (Phi) is 11.4. The maximum atomic E-state index is 13.0. The molecule has 1 atom stereocenters. The smallest absolute Gasteiger partial charge is 0.308 e. The van der Waals surface area contributed by atoms with Gasteiger partial charge in [-0.3, -0.25) is 19.7 Å². The second-order valence-corrected chi connectivity index (χ2v) is 9.21. The molecule has 9 heteroatoms. The molecule has 0 aromatic heterocycles. The molecule has 1 heterocycles. The number of aryl methyl sites for hydroxylation is 1. The van der Waals surface area contributed by atoms with Gasteiger partial charge < -0.3 is 19.7 Å². The number of rotatable bonds is 12. The van der Waals surface area contributed by atoms with Crippen molar-refractivity contribution < 1.29 is 23.9 Å². The van der Waals surface area contributed by atoms with Crippen LogP contribution in [0.1, 0.15) is 54.9 Å². The molecule has 0 spiro atoms. The maximum Gasteiger partial charge on any atom is 0.308 e. The minimum atomic E-state index is -0.858. The molecule has 2 aromatic rings. The van der Waals surface area contributed by atoms with Crippen LogP contribution in [0.3, 0.4) is 0 Å². The Morgan fingerprint density at radius 1 is 1.05 bits per heavy atom. The molecule has 1 fully saturated rings. The molecule has 2 aromatic carbocycles. The van der Waals surface area contributed by atoms with Gasteiger partial charge >= 0.3 is 5.97 Å². The van der Waals surface area contributed by atoms with Gasteiger partial charge in [0.1, 0.15) is 11.8 Å². The van der Waals surface area contributed by atoms with Crippen LogP contribution in [0.25, 0.3) is 0 Å². The van der Waals surface area contributed by atoms with Crippen LogP contribution in [0, 0.1) is 0 Å². The van der Waals surface area contributed by atoms with Crippen LogP contribution in [-0.4, -0.2) is 60.1 Å². The predicted molar refractivity (Wildman–Crippen MR) is 145 cm³/mol. The molecule has 3 rings (SSSR count). The molecule has 0 bridgehead atoms. The summed E-state index contributed by atoms with van der Waals surface area (Å²) in [6.45, 7) is 3.62. The molecule has 0 radical (unpaired) electrons. The predicted octanol–water partition coefficient (Wildman–Crippen LogP) is 3.64. The van der Waals surface area contributed by atoms with Gasteiger partial charge in [0.2, 0.25) is 5.91 Å². The molecular formula is C28H35N3O5S. The molecule has 8 nitrogen and oxygen atoms in total. The summed E-state index contributed by atoms with van der Waals surface area (Å²) in [6.07, 6.45) is 4.34. The third-order valence-corrected chi connectivity index (χ3v) is 6.36. The number of amides is 2. The van der Waals surface area contributed by atoms with Crippen molar-refractivity contribution in [2.24, 2.45) is 0 Å². The van der Waals surface area contributed by atoms with Gasteiger partial charge in [0.05, 0.1) is 25.2 Å². The number of esters is 1. The van der Waals surface area contributed by atoms with E-state index in [1.165, 1.54) is 5.56 Å². The van der Waals surface area contributed by atoms with E-state index >= 15 is 0 Å². The fourth-order valence-corrected chi connectivity index (χ4v) is 4.35. The number of unbranched alkanes of at least 4 members (excludes halogenated alkanes) is 2. The fraction of sp³-hybridized carbons (Fsp3) is 0.429. The first kappa shape index (κ1) is 28.1. The van der Waals surface area contributed by atoms with Crippen LogP contribution in [-0.2, 0) is 20.7 Å². The van der Waals surface area contributed by atoms with E-state index < -0.39 is 17.9 Å². The molecule has 1 aliphatic rings. The summed E-state index contributed by atoms with van der Waals surface area (Å²) in [4.78, 5) is 39.7. The van der Waals surface area contributed by atoms with Crippen molar-refractivity contribution in [2.75, 3.05) is 26.3 Å². The number of para-hydroxylation sites is 1. The molecule has 1 aliphatic heterocycles. The first-order valence-corrected chi connectivity index (χ1v) is 13.2. The first-order valence-electron chi connectivity index (χ1n) is 12.8. The minimum absolute atomic E-state index is 0.0857. The molecule has 198 valence electrons. The summed E-state index contributed by atoms with van der Waals surface area (Å²) in [5, 5.41) is 5.55. The highest BCUT2D eigenvalue weighted by molar-refractivity contribution is 7.80. The van der Waals surface area contributed by atoms with E-state index in [-0.39, 0.29) is 24.0 Å². The highest BCUT2D eigenvalue weighted by Gasteiger charge is 2.34. The second-order valence-electron chi connectivity index (χ2n) is 8.82. The fourth-order valence-electron chi connectivity index (χ4n) is 4.04. The van der Waals surface area contributed by atoms with Crippen LogP contribution in [0.4, 0.5) is 0 Å². The number of carbonyl (C=O) groups is 3. The number of benzene rings is 2. The van der Waals surface area contributed by atoms with Crippen LogP contribution < -0.4 is 15.4 Å². The lowest BCUT2D eigenvalue weighted by Crippen LogP contribution is -2.60. The molecule has 0 saturated carbocycles. The highest BCUT2D eigenvalue weighted by Crippen LogP contribution is 2.19. The quantitative estimate of drug-likeness (QED) is 0.248. The summed E-state index contributed by atoms with van der Waals surface area (Å²) in [5.41, 5.74) is 1.53. The number of nitrogens with one attached hydrogen (secondary N) is 2. The summed E-state index contributed by atoms with van der Waals surface area (Å²) < 4.78 is 11.2. The van der Waals surface area contributed by atoms with Gasteiger partial charge in [-0.05, 0) is 49.2 Å². The number of ether oxygens (including phenoxy) is 2. The number of hydrogen-bond acceptors (Lipinski definition) is 6. The van der Waals surface area contributed by atoms with Gasteiger partial charge in [0.25, 0.3) is 5.91 Å². The van der Waals surface area contributed by atoms with Gasteiger partial charge in [-0.15, -0.1) is 0 Å². The first-order chi connectivity index (χ1) is 18.0. The van der Waals surface area contributed by atoms with E-state index in [1.807, 2.05) is 30.3 Å². The Labute approximate surface area is 223 Å². The summed E-state index contributed by atoms with van der Waals surface area (Å²) in [6, 6.07) is 16.1. The van der Waals surface area contributed by atoms with E-state index in [0.29, 0.717) is 37.4 Å². The van der Waals surface area contributed by atoms with E-state index in [0.717, 1.165) is 25.7 Å². The summed E-state index contributed by atoms with van der Waals surface area (Å²) >= 11 is 5.48. The zero-order valence-corrected chi connectivity index (χ0v) is 22.1. The van der Waals surface area contributed by atoms with E-state index in [2.05, 4.69) is 17.6 Å². The third kappa shape index (κ3) is 8.86. The van der Waals surface area contributed by atoms with E-state index in [4.69, 9.17) is 21.7 Å². The number of thiocarbonyl (C=S) groups is 1. The van der Waals surface area contributed by atoms with E-state index in [9.17, 15) is 14.4 Å². The Morgan fingerprint density at radius 3 is 2.59 bits per heavy atom. The average molecular weight is 526 g/mol. The van der Waals surface area contributed by atoms with Crippen molar-refractivity contribution >= 4 is 35.1 Å². The van der Waals surface area contributed by atoms with Gasteiger partial charge in [-0.25, -0.2) is 0 Å². The van der Waals surface area contributed by atoms with E-state index in [1.54, 1.807) is 29.2 Å². The number of hydrogen-bond donors (Lipinski definition) is 2. The Hall–Kier alpha value is -3.46. The molecule has 1 saturated heterocycles. The van der Waals surface area contributed by atoms with Crippen LogP contribution in [0.2, 0.25) is 0 Å². The normalized spacial score (nSPS) is 15.0. The zero-order valence-electron chi connectivity index (χ0n) is 21.2. The van der Waals surface area contributed by atoms with Crippen molar-refractivity contribution in [3.63, 3.8) is 0 Å². The van der Waals surface area contributed by atoms with Crippen molar-refractivity contribution in [3.8, 4) is 5.75 Å². The Morgan fingerprint density at radius 2 is 1.81 bits per heavy atom. The second kappa shape index (κ2) is 14.9. The lowest BCUT2D eigenvalue weighted by molar-refractivity contribution is -0.147. The average Bonchev–Trinajstić information content (AvgIpc) is 2.91. The number of carbonyl (C=O) groups excluding carboxylic acids is 3. The Balaban J connectivity index is 1.54. The van der Waals surface area contributed by atoms with Crippen molar-refractivity contribution in [3.05, 3.63) is 65.7 Å². The summed E-state index contributed by atoms with van der Waals surface area (Å²) in [5.74, 6) is -0.765. The van der Waals surface area contributed by atoms with Crippen molar-refractivity contribution in [1.82, 2.24) is 15.5 Å². The maximum absolute atomic E-state index is 13.0. The zero-order chi connectivity index (χ0) is 26.5. The minimum Gasteiger partial charge on any atom is -0.493 e. The number of nitrogens with zero attached hydrogens (tertiary/aromatic N) is 1. The number of piperazine rings is 1. The lowest BCUT2D eigenvalue weighted by Gasteiger charge is -2.36. The SMILES string of the molecule is CCCCCOc1ccccc1C(=O)NC(=S)N1CCNC(=O)C1CC(=O)OCCCc1ccccc1. The topological polar surface area (TPSA) is 97.0 Å². The van der Waals surface area contributed by atoms with Gasteiger partial charge in [0.15, 0.2) is 5.11 Å². The standard InChI is InChI=1S/C28H35N3O5S/c1-2-3-9-18-35-24-15-8-7-14-22(24)26(33)30-28(37)31-17-16-29-27(34)23(31)20-25(32)36-19-10-13-21-11-5-4-6-12-21/h4-8,11-12,14-15,23H,2-3,9-10,13,16-20H2,1H3,(H,29,34)(H,30,33,37). The Bertz CT molecular complexity index is 1060. The molecule has 2 N–H and O–H groups in total. The molecular weight excluding hydrogens is 490 g/mol. The van der Waals surface area contributed by atoms with Crippen LogP contribution in [0.15, 0.2) is 54.6 Å². The molecule has 2 amide bonds. The molecule has 0 aliphatic carbocycles. The molecule has 1 unspecified atom stereocenters. The molecule has 37 heavy (non-hydrogen) atoms. The lowest BCUT2D eigenvalue weighted by atomic mass is 10.1. The summed E-state index contributed by atoms with van der Waals surface area (Å²) in [7, 11) is 0. The van der Waals surface area contributed by atoms with Gasteiger partial charge in [-0.2, -0.15) is 0 Å². The largest absolute Gasteiger partial charge is 0.493 e. The third-order valence-electron chi connectivity index (χ3n) is 6.02. The highest BCUT2D eigenvalue weighted by atomic mass is 32.1. The van der Waals surface area contributed by atoms with Crippen LogP contribution in [0.5, 0.6) is 5.75 Å².